The second kappa shape index (κ2) is 4.70. The van der Waals surface area contributed by atoms with Crippen LogP contribution in [0.1, 0.15) is 5.56 Å². The predicted molar refractivity (Wildman–Crippen MR) is 53.7 cm³/mol. The first-order valence-electron chi connectivity index (χ1n) is 3.91. The Morgan fingerprint density at radius 1 is 1.54 bits per heavy atom. The van der Waals surface area contributed by atoms with Crippen molar-refractivity contribution in [2.45, 2.75) is 0 Å². The lowest BCUT2D eigenvalue weighted by Gasteiger charge is -2.06. The Morgan fingerprint density at radius 2 is 2.31 bits per heavy atom. The van der Waals surface area contributed by atoms with Gasteiger partial charge in [0.25, 0.3) is 0 Å². The van der Waals surface area contributed by atoms with Crippen LogP contribution in [0.2, 0.25) is 5.02 Å². The molecule has 0 spiro atoms. The van der Waals surface area contributed by atoms with Gasteiger partial charge in [-0.2, -0.15) is 5.26 Å². The minimum atomic E-state index is 0.535. The number of nitrogens with two attached hydrogens (primary N) is 1. The van der Waals surface area contributed by atoms with E-state index in [2.05, 4.69) is 11.4 Å². The van der Waals surface area contributed by atoms with Gasteiger partial charge in [-0.25, -0.2) is 0 Å². The van der Waals surface area contributed by atoms with Gasteiger partial charge in [0.2, 0.25) is 0 Å². The molecule has 0 aliphatic rings. The van der Waals surface area contributed by atoms with Crippen molar-refractivity contribution < 1.29 is 0 Å². The molecule has 0 amide bonds. The van der Waals surface area contributed by atoms with Crippen molar-refractivity contribution in [3.05, 3.63) is 28.8 Å². The molecule has 68 valence electrons. The van der Waals surface area contributed by atoms with Gasteiger partial charge in [0, 0.05) is 18.1 Å². The maximum Gasteiger partial charge on any atom is 0.101 e. The molecule has 0 unspecified atom stereocenters. The minimum Gasteiger partial charge on any atom is -0.383 e. The summed E-state index contributed by atoms with van der Waals surface area (Å²) in [5.74, 6) is 0. The molecule has 0 aliphatic carbocycles. The van der Waals surface area contributed by atoms with Crippen LogP contribution in [-0.4, -0.2) is 13.1 Å². The van der Waals surface area contributed by atoms with E-state index in [0.717, 1.165) is 5.69 Å². The maximum absolute atomic E-state index is 8.76. The van der Waals surface area contributed by atoms with Gasteiger partial charge in [0.1, 0.15) is 6.07 Å². The molecule has 0 bridgehead atoms. The van der Waals surface area contributed by atoms with E-state index in [-0.39, 0.29) is 0 Å². The summed E-state index contributed by atoms with van der Waals surface area (Å²) in [6, 6.07) is 7.19. The van der Waals surface area contributed by atoms with E-state index in [1.165, 1.54) is 0 Å². The monoisotopic (exact) mass is 195 g/mol. The summed E-state index contributed by atoms with van der Waals surface area (Å²) in [4.78, 5) is 0. The topological polar surface area (TPSA) is 61.8 Å². The van der Waals surface area contributed by atoms with Crippen molar-refractivity contribution >= 4 is 17.3 Å². The third kappa shape index (κ3) is 2.62. The standard InChI is InChI=1S/C9H10ClN3/c10-8-1-2-9(13-4-3-11)7(5-8)6-12/h1-2,5,13H,3-4,11H2. The van der Waals surface area contributed by atoms with Crippen molar-refractivity contribution in [2.75, 3.05) is 18.4 Å². The predicted octanol–water partition coefficient (Wildman–Crippen LogP) is 1.58. The highest BCUT2D eigenvalue weighted by molar-refractivity contribution is 6.30. The number of nitriles is 1. The molecule has 1 aromatic rings. The van der Waals surface area contributed by atoms with E-state index in [1.807, 2.05) is 0 Å². The van der Waals surface area contributed by atoms with Crippen molar-refractivity contribution in [1.82, 2.24) is 0 Å². The first-order chi connectivity index (χ1) is 6.27. The highest BCUT2D eigenvalue weighted by Crippen LogP contribution is 2.19. The third-order valence-electron chi connectivity index (χ3n) is 1.56. The molecule has 0 radical (unpaired) electrons. The minimum absolute atomic E-state index is 0.535. The van der Waals surface area contributed by atoms with Crippen molar-refractivity contribution in [3.63, 3.8) is 0 Å². The molecule has 0 saturated carbocycles. The van der Waals surface area contributed by atoms with Crippen LogP contribution < -0.4 is 11.1 Å². The molecule has 3 N–H and O–H groups in total. The lowest BCUT2D eigenvalue weighted by Crippen LogP contribution is -2.13. The molecule has 1 aromatic carbocycles. The fourth-order valence-corrected chi connectivity index (χ4v) is 1.14. The van der Waals surface area contributed by atoms with E-state index in [0.29, 0.717) is 23.7 Å². The van der Waals surface area contributed by atoms with Gasteiger partial charge < -0.3 is 11.1 Å². The number of benzene rings is 1. The van der Waals surface area contributed by atoms with E-state index in [1.54, 1.807) is 18.2 Å². The second-order valence-electron chi connectivity index (χ2n) is 2.52. The van der Waals surface area contributed by atoms with Gasteiger partial charge in [-0.1, -0.05) is 11.6 Å². The summed E-state index contributed by atoms with van der Waals surface area (Å²) in [6.07, 6.45) is 0. The molecule has 1 rings (SSSR count). The van der Waals surface area contributed by atoms with E-state index in [4.69, 9.17) is 22.6 Å². The Bertz CT molecular complexity index is 330. The van der Waals surface area contributed by atoms with Crippen LogP contribution in [0.4, 0.5) is 5.69 Å². The average Bonchev–Trinajstić information content (AvgIpc) is 2.16. The summed E-state index contributed by atoms with van der Waals surface area (Å²) in [5.41, 5.74) is 6.64. The highest BCUT2D eigenvalue weighted by Gasteiger charge is 2.00. The summed E-state index contributed by atoms with van der Waals surface area (Å²) in [7, 11) is 0. The van der Waals surface area contributed by atoms with Crippen LogP contribution in [0.25, 0.3) is 0 Å². The van der Waals surface area contributed by atoms with E-state index >= 15 is 0 Å². The largest absolute Gasteiger partial charge is 0.383 e. The zero-order chi connectivity index (χ0) is 9.68. The quantitative estimate of drug-likeness (QED) is 0.770. The first-order valence-corrected chi connectivity index (χ1v) is 4.29. The van der Waals surface area contributed by atoms with Crippen LogP contribution in [0, 0.1) is 11.3 Å². The molecule has 0 aromatic heterocycles. The zero-order valence-corrected chi connectivity index (χ0v) is 7.80. The summed E-state index contributed by atoms with van der Waals surface area (Å²) in [5, 5.41) is 12.4. The Balaban J connectivity index is 2.88. The van der Waals surface area contributed by atoms with Crippen LogP contribution in [-0.2, 0) is 0 Å². The molecule has 0 aliphatic heterocycles. The van der Waals surface area contributed by atoms with Gasteiger partial charge in [-0.3, -0.25) is 0 Å². The fourth-order valence-electron chi connectivity index (χ4n) is 0.970. The van der Waals surface area contributed by atoms with Crippen LogP contribution in [0.5, 0.6) is 0 Å². The summed E-state index contributed by atoms with van der Waals surface area (Å²) < 4.78 is 0. The van der Waals surface area contributed by atoms with Crippen molar-refractivity contribution in [1.29, 1.82) is 5.26 Å². The third-order valence-corrected chi connectivity index (χ3v) is 1.80. The first kappa shape index (κ1) is 9.85. The maximum atomic E-state index is 8.76. The molecule has 3 nitrogen and oxygen atoms in total. The number of rotatable bonds is 3. The smallest absolute Gasteiger partial charge is 0.101 e. The highest BCUT2D eigenvalue weighted by atomic mass is 35.5. The number of anilines is 1. The van der Waals surface area contributed by atoms with Crippen molar-refractivity contribution in [3.8, 4) is 6.07 Å². The number of hydrogen-bond acceptors (Lipinski definition) is 3. The number of nitrogens with one attached hydrogen (secondary N) is 1. The van der Waals surface area contributed by atoms with Gasteiger partial charge >= 0.3 is 0 Å². The molecule has 0 atom stereocenters. The average molecular weight is 196 g/mol. The van der Waals surface area contributed by atoms with Gasteiger partial charge in [0.05, 0.1) is 11.3 Å². The SMILES string of the molecule is N#Cc1cc(Cl)ccc1NCCN. The summed E-state index contributed by atoms with van der Waals surface area (Å²) >= 11 is 5.73. The molecule has 0 saturated heterocycles. The van der Waals surface area contributed by atoms with E-state index < -0.39 is 0 Å². The molecule has 4 heteroatoms. The molecular weight excluding hydrogens is 186 g/mol. The number of halogens is 1. The molecular formula is C9H10ClN3. The molecule has 0 fully saturated rings. The lowest BCUT2D eigenvalue weighted by molar-refractivity contribution is 1.02. The van der Waals surface area contributed by atoms with Crippen LogP contribution >= 0.6 is 11.6 Å². The Morgan fingerprint density at radius 3 is 2.92 bits per heavy atom. The normalized spacial score (nSPS) is 9.31. The van der Waals surface area contributed by atoms with E-state index in [9.17, 15) is 0 Å². The van der Waals surface area contributed by atoms with Crippen LogP contribution in [0.3, 0.4) is 0 Å². The zero-order valence-electron chi connectivity index (χ0n) is 7.05. The van der Waals surface area contributed by atoms with Gasteiger partial charge in [0.15, 0.2) is 0 Å². The lowest BCUT2D eigenvalue weighted by atomic mass is 10.2. The number of hydrogen-bond donors (Lipinski definition) is 2. The fraction of sp³-hybridized carbons (Fsp3) is 0.222. The second-order valence-corrected chi connectivity index (χ2v) is 2.95. The number of nitrogens with zero attached hydrogens (tertiary/aromatic N) is 1. The van der Waals surface area contributed by atoms with Gasteiger partial charge in [-0.05, 0) is 18.2 Å². The molecule has 0 heterocycles. The molecule has 13 heavy (non-hydrogen) atoms. The van der Waals surface area contributed by atoms with Crippen LogP contribution in [0.15, 0.2) is 18.2 Å². The Hall–Kier alpha value is -1.24. The summed E-state index contributed by atoms with van der Waals surface area (Å²) in [6.45, 7) is 1.18. The van der Waals surface area contributed by atoms with Gasteiger partial charge in [-0.15, -0.1) is 0 Å². The van der Waals surface area contributed by atoms with Crippen molar-refractivity contribution in [2.24, 2.45) is 5.73 Å². The Kier molecular flexibility index (Phi) is 3.56. The Labute approximate surface area is 82.1 Å².